The molecule has 0 saturated carbocycles. The molecule has 0 amide bonds. The van der Waals surface area contributed by atoms with Gasteiger partial charge in [-0.1, -0.05) is 0 Å². The second kappa shape index (κ2) is 3.60. The Balaban J connectivity index is 3.40. The van der Waals surface area contributed by atoms with Crippen LogP contribution in [0.1, 0.15) is 0 Å². The van der Waals surface area contributed by atoms with E-state index >= 15 is 0 Å². The summed E-state index contributed by atoms with van der Waals surface area (Å²) in [5.74, 6) is -0.429. The minimum atomic E-state index is -1.07. The van der Waals surface area contributed by atoms with E-state index in [-0.39, 0.29) is 5.75 Å². The smallest absolute Gasteiger partial charge is 0.318 e. The monoisotopic (exact) mass is 136 g/mol. The van der Waals surface area contributed by atoms with Gasteiger partial charge in [0, 0.05) is 17.1 Å². The van der Waals surface area contributed by atoms with E-state index in [1.807, 2.05) is 0 Å². The van der Waals surface area contributed by atoms with Crippen molar-refractivity contribution in [1.29, 1.82) is 0 Å². The first-order chi connectivity index (χ1) is 3.66. The zero-order chi connectivity index (χ0) is 6.57. The second-order valence-corrected chi connectivity index (χ2v) is 2.73. The Bertz CT molecular complexity index is 110. The Morgan fingerprint density at radius 2 is 2.25 bits per heavy atom. The van der Waals surface area contributed by atoms with Crippen LogP contribution in [0.5, 0.6) is 0 Å². The van der Waals surface area contributed by atoms with E-state index in [4.69, 9.17) is 0 Å². The second-order valence-electron chi connectivity index (χ2n) is 1.29. The summed E-state index contributed by atoms with van der Waals surface area (Å²) in [6, 6.07) is 0. The standard InChI is InChI=1S/C4H8O3S/c1-7-4(5)3-8(2)6/h3H2,1-2H3/t8-/m0/s1. The molecular weight excluding hydrogens is 128 g/mol. The maximum Gasteiger partial charge on any atom is 0.318 e. The maximum absolute atomic E-state index is 10.2. The summed E-state index contributed by atoms with van der Waals surface area (Å²) >= 11 is 0. The first-order valence-corrected chi connectivity index (χ1v) is 3.76. The van der Waals surface area contributed by atoms with Crippen molar-refractivity contribution in [2.45, 2.75) is 0 Å². The quantitative estimate of drug-likeness (QED) is 0.482. The highest BCUT2D eigenvalue weighted by Crippen LogP contribution is 1.76. The fourth-order valence-electron chi connectivity index (χ4n) is 0.225. The summed E-state index contributed by atoms with van der Waals surface area (Å²) in [6.45, 7) is 0. The van der Waals surface area contributed by atoms with Gasteiger partial charge in [0.25, 0.3) is 0 Å². The van der Waals surface area contributed by atoms with Crippen LogP contribution in [0.2, 0.25) is 0 Å². The lowest BCUT2D eigenvalue weighted by atomic mass is 10.8. The fourth-order valence-corrected chi connectivity index (χ4v) is 0.675. The van der Waals surface area contributed by atoms with Gasteiger partial charge >= 0.3 is 5.97 Å². The summed E-state index contributed by atoms with van der Waals surface area (Å²) in [5, 5.41) is 0. The molecule has 0 aromatic carbocycles. The van der Waals surface area contributed by atoms with Crippen molar-refractivity contribution < 1.29 is 13.7 Å². The molecule has 0 unspecified atom stereocenters. The SMILES string of the molecule is COC(=O)C[S@](C)=O. The molecule has 0 bridgehead atoms. The molecule has 0 saturated heterocycles. The van der Waals surface area contributed by atoms with Gasteiger partial charge in [0.15, 0.2) is 0 Å². The van der Waals surface area contributed by atoms with Gasteiger partial charge in [0.2, 0.25) is 0 Å². The summed E-state index contributed by atoms with van der Waals surface area (Å²) in [4.78, 5) is 10.2. The molecule has 0 rings (SSSR count). The highest BCUT2D eigenvalue weighted by atomic mass is 32.2. The molecule has 0 aliphatic carbocycles. The molecule has 48 valence electrons. The Morgan fingerprint density at radius 1 is 1.75 bits per heavy atom. The van der Waals surface area contributed by atoms with E-state index in [0.29, 0.717) is 0 Å². The molecule has 4 heteroatoms. The summed E-state index contributed by atoms with van der Waals surface area (Å²) in [5.41, 5.74) is 0. The van der Waals surface area contributed by atoms with E-state index in [2.05, 4.69) is 4.74 Å². The number of esters is 1. The Labute approximate surface area is 50.5 Å². The number of rotatable bonds is 2. The molecule has 8 heavy (non-hydrogen) atoms. The van der Waals surface area contributed by atoms with E-state index in [0.717, 1.165) is 0 Å². The average Bonchev–Trinajstić information content (AvgIpc) is 1.65. The van der Waals surface area contributed by atoms with Crippen LogP contribution in [0.15, 0.2) is 0 Å². The summed E-state index contributed by atoms with van der Waals surface area (Å²) in [6.07, 6.45) is 1.46. The fraction of sp³-hybridized carbons (Fsp3) is 0.750. The molecule has 0 aliphatic rings. The lowest BCUT2D eigenvalue weighted by Crippen LogP contribution is -2.10. The third-order valence-electron chi connectivity index (χ3n) is 0.549. The van der Waals surface area contributed by atoms with Crippen LogP contribution in [-0.2, 0) is 20.3 Å². The Kier molecular flexibility index (Phi) is 3.43. The number of ether oxygens (including phenoxy) is 1. The van der Waals surface area contributed by atoms with E-state index in [9.17, 15) is 9.00 Å². The average molecular weight is 136 g/mol. The van der Waals surface area contributed by atoms with Crippen molar-refractivity contribution in [3.05, 3.63) is 0 Å². The molecule has 0 spiro atoms. The van der Waals surface area contributed by atoms with Gasteiger partial charge in [0.1, 0.15) is 5.75 Å². The van der Waals surface area contributed by atoms with E-state index in [1.165, 1.54) is 13.4 Å². The van der Waals surface area contributed by atoms with Crippen molar-refractivity contribution >= 4 is 16.8 Å². The molecular formula is C4H8O3S. The van der Waals surface area contributed by atoms with Crippen molar-refractivity contribution in [2.24, 2.45) is 0 Å². The number of carbonyl (C=O) groups is 1. The van der Waals surface area contributed by atoms with Gasteiger partial charge in [-0.3, -0.25) is 9.00 Å². The molecule has 0 aromatic heterocycles. The van der Waals surface area contributed by atoms with Gasteiger partial charge in [-0.25, -0.2) is 0 Å². The molecule has 3 nitrogen and oxygen atoms in total. The van der Waals surface area contributed by atoms with Gasteiger partial charge in [-0.15, -0.1) is 0 Å². The van der Waals surface area contributed by atoms with Gasteiger partial charge < -0.3 is 4.74 Å². The molecule has 0 fully saturated rings. The van der Waals surface area contributed by atoms with Crippen LogP contribution in [0.3, 0.4) is 0 Å². The number of hydrogen-bond acceptors (Lipinski definition) is 3. The van der Waals surface area contributed by atoms with Crippen molar-refractivity contribution in [1.82, 2.24) is 0 Å². The molecule has 0 N–H and O–H groups in total. The topological polar surface area (TPSA) is 43.4 Å². The van der Waals surface area contributed by atoms with Crippen molar-refractivity contribution in [3.8, 4) is 0 Å². The predicted molar refractivity (Wildman–Crippen MR) is 30.9 cm³/mol. The molecule has 0 aliphatic heterocycles. The highest BCUT2D eigenvalue weighted by Gasteiger charge is 2.00. The first kappa shape index (κ1) is 7.62. The normalized spacial score (nSPS) is 12.8. The van der Waals surface area contributed by atoms with Crippen molar-refractivity contribution in [2.75, 3.05) is 19.1 Å². The third kappa shape index (κ3) is 3.80. The zero-order valence-electron chi connectivity index (χ0n) is 4.84. The van der Waals surface area contributed by atoms with Crippen LogP contribution < -0.4 is 0 Å². The van der Waals surface area contributed by atoms with Gasteiger partial charge in [-0.2, -0.15) is 0 Å². The highest BCUT2D eigenvalue weighted by molar-refractivity contribution is 7.84. The van der Waals surface area contributed by atoms with Crippen molar-refractivity contribution in [3.63, 3.8) is 0 Å². The lowest BCUT2D eigenvalue weighted by Gasteiger charge is -1.91. The van der Waals surface area contributed by atoms with E-state index < -0.39 is 16.8 Å². The molecule has 0 heterocycles. The van der Waals surface area contributed by atoms with E-state index in [1.54, 1.807) is 0 Å². The Hall–Kier alpha value is -0.380. The first-order valence-electron chi connectivity index (χ1n) is 2.03. The van der Waals surface area contributed by atoms with Crippen LogP contribution >= 0.6 is 0 Å². The third-order valence-corrected chi connectivity index (χ3v) is 1.19. The number of carbonyl (C=O) groups excluding carboxylic acids is 1. The minimum absolute atomic E-state index is 0.00347. The molecule has 0 aromatic rings. The van der Waals surface area contributed by atoms with Crippen LogP contribution in [0.25, 0.3) is 0 Å². The predicted octanol–water partition coefficient (Wildman–Crippen LogP) is -0.462. The largest absolute Gasteiger partial charge is 0.468 e. The van der Waals surface area contributed by atoms with Gasteiger partial charge in [0.05, 0.1) is 7.11 Å². The summed E-state index contributed by atoms with van der Waals surface area (Å²) in [7, 11) is 0.203. The minimum Gasteiger partial charge on any atom is -0.468 e. The zero-order valence-corrected chi connectivity index (χ0v) is 5.66. The molecule has 1 atom stereocenters. The number of hydrogen-bond donors (Lipinski definition) is 0. The van der Waals surface area contributed by atoms with Crippen LogP contribution in [-0.4, -0.2) is 29.3 Å². The molecule has 0 radical (unpaired) electrons. The Morgan fingerprint density at radius 3 is 2.38 bits per heavy atom. The number of methoxy groups -OCH3 is 1. The lowest BCUT2D eigenvalue weighted by molar-refractivity contribution is -0.137. The maximum atomic E-state index is 10.2. The van der Waals surface area contributed by atoms with Crippen LogP contribution in [0.4, 0.5) is 0 Å². The summed E-state index contributed by atoms with van der Waals surface area (Å²) < 4.78 is 14.5. The van der Waals surface area contributed by atoms with Crippen LogP contribution in [0, 0.1) is 0 Å². The van der Waals surface area contributed by atoms with Gasteiger partial charge in [-0.05, 0) is 0 Å².